The van der Waals surface area contributed by atoms with Crippen LogP contribution in [0.15, 0.2) is 107 Å². The topological polar surface area (TPSA) is 568 Å². The quantitative estimate of drug-likeness (QED) is 0.0221. The molecular formula is C72H100N20O16S. The molecule has 3 aromatic carbocycles. The summed E-state index contributed by atoms with van der Waals surface area (Å²) in [5.74, 6) is -10.3. The van der Waals surface area contributed by atoms with Gasteiger partial charge in [-0.05, 0) is 145 Å². The molecule has 23 N–H and O–H groups in total. The predicted molar refractivity (Wildman–Crippen MR) is 402 cm³/mol. The molecule has 1 aliphatic heterocycles. The van der Waals surface area contributed by atoms with Gasteiger partial charge < -0.3 is 107 Å². The minimum Gasteiger partial charge on any atom is -0.448 e. The van der Waals surface area contributed by atoms with Gasteiger partial charge in [0, 0.05) is 54.4 Å². The number of amides is 13. The molecule has 36 nitrogen and oxygen atoms in total. The SMILES string of the molecule is CNC(=O)c1ccccc1Sc1ccc2c(/C=C/c3ccccn3)nn(C(=O)N(CCOC(N)=O)CCC(=O)N[C@H](C(=O)N[C@@H](CCN)C(=O)N[C@H]3CCNC(=O)[C@H]([C@@H](C)O)NC(=O)[C@H](CCN)NC(=O)[C@H](CCN)NC(=O)[C@H](CC(C)C)NC(=O)[C@@H](Cc4ccccc4)NC(=O)[C@H](CCN)NC3=O)[C@@H](C)O)c2c1. The molecule has 2 aromatic heterocycles. The fraction of sp³-hybridized carbons (Fsp3) is 0.458. The smallest absolute Gasteiger partial charge is 0.404 e. The first kappa shape index (κ1) is 87.0. The first-order valence-electron chi connectivity index (χ1n) is 35.6. The van der Waals surface area contributed by atoms with Crippen LogP contribution in [0.4, 0.5) is 9.59 Å². The predicted octanol–water partition coefficient (Wildman–Crippen LogP) is -2.80. The van der Waals surface area contributed by atoms with Gasteiger partial charge >= 0.3 is 12.1 Å². The minimum absolute atomic E-state index is 0.0167. The lowest BCUT2D eigenvalue weighted by molar-refractivity contribution is -0.136. The number of carbonyl (C=O) groups is 13. The van der Waals surface area contributed by atoms with Crippen molar-refractivity contribution in [2.45, 2.75) is 155 Å². The van der Waals surface area contributed by atoms with Crippen LogP contribution in [0.1, 0.15) is 99.9 Å². The van der Waals surface area contributed by atoms with Gasteiger partial charge in [-0.25, -0.2) is 9.59 Å². The van der Waals surface area contributed by atoms with Crippen molar-refractivity contribution in [3.05, 3.63) is 120 Å². The van der Waals surface area contributed by atoms with E-state index in [2.05, 4.69) is 68.6 Å². The summed E-state index contributed by atoms with van der Waals surface area (Å²) in [6, 6.07) is 10.9. The summed E-state index contributed by atoms with van der Waals surface area (Å²) in [5, 5.41) is 55.3. The van der Waals surface area contributed by atoms with Gasteiger partial charge in [-0.3, -0.25) is 57.7 Å². The van der Waals surface area contributed by atoms with Crippen molar-refractivity contribution in [2.24, 2.45) is 34.6 Å². The highest BCUT2D eigenvalue weighted by atomic mass is 32.2. The van der Waals surface area contributed by atoms with E-state index < -0.39 is 170 Å². The third kappa shape index (κ3) is 26.7. The summed E-state index contributed by atoms with van der Waals surface area (Å²) < 4.78 is 6.09. The van der Waals surface area contributed by atoms with Crippen molar-refractivity contribution >= 4 is 112 Å². The van der Waals surface area contributed by atoms with Gasteiger partial charge in [0.05, 0.1) is 41.2 Å². The van der Waals surface area contributed by atoms with Gasteiger partial charge in [0.1, 0.15) is 61.0 Å². The molecule has 37 heteroatoms. The van der Waals surface area contributed by atoms with Crippen LogP contribution < -0.4 is 87.2 Å². The molecule has 11 atom stereocenters. The van der Waals surface area contributed by atoms with Crippen LogP contribution in [0.25, 0.3) is 23.1 Å². The second-order valence-corrected chi connectivity index (χ2v) is 27.2. The molecule has 1 aliphatic rings. The number of nitrogens with one attached hydrogen (secondary N) is 11. The van der Waals surface area contributed by atoms with Gasteiger partial charge in [0.25, 0.3) is 5.91 Å². The number of carbonyl (C=O) groups excluding carboxylic acids is 13. The Morgan fingerprint density at radius 3 is 1.87 bits per heavy atom. The standard InChI is InChI=1S/C72H100N20O16S/c1-40(2)37-54-67(102)83-49(22-28-73)62(97)82-52(25-31-76)66(101)89-59(41(3)93)69(104)80-33-26-53(65(100)81-50(23-29-74)64(99)87-55(68(103)86-54)38-43-13-7-6-8-14-43)84-63(98)51(24-30-75)85-70(105)60(42(4)94)88-58(95)27-34-91(35-36-108-71(77)106)72(107)92-56-39-45(109-57-17-10-9-16-47(57)61(96)78-5)19-20-46(56)48(90-92)21-18-44-15-11-12-32-79-44/h6-21,32,39-42,49-55,59-60,93-94H,22-31,33-38,73-76H2,1-5H3,(H2,77,106)(H,78,96)(H,80,104)(H,81,100)(H,82,97)(H,83,102)(H,84,98)(H,85,105)(H,86,103)(H,87,99)(H,88,95)(H,89,101)/b21-18+/t41-,42-,49+,50+,51+,52+,53+,54+,55-,59+,60+/m1/s1. The van der Waals surface area contributed by atoms with Crippen LogP contribution in [-0.2, 0) is 59.1 Å². The van der Waals surface area contributed by atoms with Crippen LogP contribution in [0, 0.1) is 5.92 Å². The number of aliphatic hydroxyl groups is 2. The Morgan fingerprint density at radius 1 is 0.679 bits per heavy atom. The zero-order valence-corrected chi connectivity index (χ0v) is 62.1. The summed E-state index contributed by atoms with van der Waals surface area (Å²) in [5.41, 5.74) is 31.2. The molecule has 0 radical (unpaired) electrons. The lowest BCUT2D eigenvalue weighted by Crippen LogP contribution is -2.61. The van der Waals surface area contributed by atoms with E-state index in [0.29, 0.717) is 37.7 Å². The molecule has 1 fully saturated rings. The molecule has 0 aliphatic carbocycles. The van der Waals surface area contributed by atoms with Crippen LogP contribution in [0.5, 0.6) is 0 Å². The van der Waals surface area contributed by atoms with Crippen molar-refractivity contribution in [1.29, 1.82) is 0 Å². The van der Waals surface area contributed by atoms with E-state index in [1.165, 1.54) is 25.7 Å². The lowest BCUT2D eigenvalue weighted by Gasteiger charge is -2.28. The Balaban J connectivity index is 1.28. The Kier molecular flexibility index (Phi) is 34.9. The zero-order chi connectivity index (χ0) is 79.9. The van der Waals surface area contributed by atoms with E-state index in [1.807, 2.05) is 0 Å². The fourth-order valence-electron chi connectivity index (χ4n) is 11.5. The van der Waals surface area contributed by atoms with Crippen molar-refractivity contribution in [1.82, 2.24) is 78.1 Å². The summed E-state index contributed by atoms with van der Waals surface area (Å²) in [7, 11) is 1.50. The molecule has 0 unspecified atom stereocenters. The third-order valence-electron chi connectivity index (χ3n) is 17.2. The maximum Gasteiger partial charge on any atom is 0.404 e. The van der Waals surface area contributed by atoms with Gasteiger partial charge in [-0.15, -0.1) is 0 Å². The average molecular weight is 1530 g/mol. The number of aromatic nitrogens is 3. The van der Waals surface area contributed by atoms with Crippen molar-refractivity contribution in [3.8, 4) is 0 Å². The highest BCUT2D eigenvalue weighted by Gasteiger charge is 2.38. The minimum atomic E-state index is -1.82. The highest BCUT2D eigenvalue weighted by molar-refractivity contribution is 7.99. The summed E-state index contributed by atoms with van der Waals surface area (Å²) in [6.07, 6.45) is -1.74. The van der Waals surface area contributed by atoms with E-state index in [9.17, 15) is 72.5 Å². The molecule has 6 rings (SSSR count). The number of aliphatic hydroxyl groups excluding tert-OH is 2. The molecule has 3 heterocycles. The average Bonchev–Trinajstić information content (AvgIpc) is 1.63. The maximum absolute atomic E-state index is 14.9. The number of rotatable bonds is 30. The molecule has 0 saturated carbocycles. The number of benzene rings is 3. The molecule has 0 bridgehead atoms. The number of nitrogens with zero attached hydrogens (tertiary/aromatic N) is 4. The van der Waals surface area contributed by atoms with E-state index in [4.69, 9.17) is 33.4 Å². The Bertz CT molecular complexity index is 4000. The number of pyridine rings is 1. The van der Waals surface area contributed by atoms with Crippen LogP contribution in [0.3, 0.4) is 0 Å². The Hall–Kier alpha value is -11.0. The molecule has 13 amide bonds. The van der Waals surface area contributed by atoms with Crippen LogP contribution in [-0.4, -0.2) is 233 Å². The molecule has 5 aromatic rings. The normalized spacial score (nSPS) is 19.8. The molecule has 590 valence electrons. The van der Waals surface area contributed by atoms with Crippen molar-refractivity contribution in [3.63, 3.8) is 0 Å². The number of primary amides is 1. The lowest BCUT2D eigenvalue weighted by atomic mass is 10.00. The molecule has 1 saturated heterocycles. The van der Waals surface area contributed by atoms with E-state index in [1.54, 1.807) is 123 Å². The van der Waals surface area contributed by atoms with Crippen molar-refractivity contribution < 1.29 is 77.3 Å². The fourth-order valence-corrected chi connectivity index (χ4v) is 12.4. The zero-order valence-electron chi connectivity index (χ0n) is 61.3. The summed E-state index contributed by atoms with van der Waals surface area (Å²) in [4.78, 5) is 189. The first-order valence-corrected chi connectivity index (χ1v) is 36.4. The van der Waals surface area contributed by atoms with Gasteiger partial charge in [0.15, 0.2) is 0 Å². The number of ether oxygens (including phenoxy) is 1. The Labute approximate surface area is 633 Å². The number of fused-ring (bicyclic) bond motifs is 1. The first-order chi connectivity index (χ1) is 52.1. The highest BCUT2D eigenvalue weighted by Crippen LogP contribution is 2.34. The summed E-state index contributed by atoms with van der Waals surface area (Å²) in [6.45, 7) is 3.29. The second-order valence-electron chi connectivity index (χ2n) is 26.1. The number of hydrogen-bond acceptors (Lipinski definition) is 23. The van der Waals surface area contributed by atoms with E-state index in [0.717, 1.165) is 16.5 Å². The maximum atomic E-state index is 14.9. The van der Waals surface area contributed by atoms with E-state index in [-0.39, 0.29) is 88.6 Å². The van der Waals surface area contributed by atoms with Crippen LogP contribution in [0.2, 0.25) is 0 Å². The number of nitrogens with two attached hydrogens (primary N) is 5. The number of hydrogen-bond donors (Lipinski definition) is 18. The van der Waals surface area contributed by atoms with E-state index >= 15 is 0 Å². The molecule has 0 spiro atoms. The molecule has 109 heavy (non-hydrogen) atoms. The summed E-state index contributed by atoms with van der Waals surface area (Å²) >= 11 is 1.24. The van der Waals surface area contributed by atoms with Crippen molar-refractivity contribution in [2.75, 3.05) is 59.5 Å². The third-order valence-corrected chi connectivity index (χ3v) is 18.2. The monoisotopic (exact) mass is 1530 g/mol. The van der Waals surface area contributed by atoms with Gasteiger partial charge in [0.2, 0.25) is 59.1 Å². The van der Waals surface area contributed by atoms with Gasteiger partial charge in [-0.2, -0.15) is 9.78 Å². The Morgan fingerprint density at radius 2 is 1.28 bits per heavy atom. The second kappa shape index (κ2) is 43.7. The van der Waals surface area contributed by atoms with Crippen LogP contribution >= 0.6 is 11.8 Å². The van der Waals surface area contributed by atoms with Gasteiger partial charge in [-0.1, -0.05) is 74.1 Å². The molecular weight excluding hydrogens is 1430 g/mol. The largest absolute Gasteiger partial charge is 0.448 e.